The first-order chi connectivity index (χ1) is 13.5. The van der Waals surface area contributed by atoms with Gasteiger partial charge in [-0.2, -0.15) is 0 Å². The molecule has 0 aromatic carbocycles. The average molecular weight is 395 g/mol. The molecule has 0 amide bonds. The highest BCUT2D eigenvalue weighted by Gasteiger charge is 2.13. The summed E-state index contributed by atoms with van der Waals surface area (Å²) >= 11 is 1.53. The fourth-order valence-electron chi connectivity index (χ4n) is 2.76. The van der Waals surface area contributed by atoms with Gasteiger partial charge in [0.15, 0.2) is 0 Å². The van der Waals surface area contributed by atoms with Crippen LogP contribution in [0.2, 0.25) is 0 Å². The van der Waals surface area contributed by atoms with Gasteiger partial charge in [-0.3, -0.25) is 9.67 Å². The molecule has 4 heterocycles. The van der Waals surface area contributed by atoms with Crippen LogP contribution < -0.4 is 10.1 Å². The number of rotatable bonds is 6. The third-order valence-electron chi connectivity index (χ3n) is 4.09. The molecular formula is C19H21N7OS. The van der Waals surface area contributed by atoms with E-state index in [0.29, 0.717) is 24.2 Å². The van der Waals surface area contributed by atoms with Crippen LogP contribution >= 0.6 is 11.3 Å². The number of hydrogen-bond donors (Lipinski definition) is 1. The lowest BCUT2D eigenvalue weighted by Gasteiger charge is -2.06. The van der Waals surface area contributed by atoms with Gasteiger partial charge in [-0.1, -0.05) is 25.2 Å². The summed E-state index contributed by atoms with van der Waals surface area (Å²) in [7, 11) is 1.87. The van der Waals surface area contributed by atoms with Crippen LogP contribution in [0.4, 0.5) is 10.9 Å². The molecular weight excluding hydrogens is 374 g/mol. The molecule has 0 radical (unpaired) electrons. The molecule has 0 saturated heterocycles. The number of aryl methyl sites for hydroxylation is 1. The van der Waals surface area contributed by atoms with Gasteiger partial charge in [0, 0.05) is 30.9 Å². The maximum absolute atomic E-state index is 5.64. The third-order valence-corrected chi connectivity index (χ3v) is 5.23. The second-order valence-electron chi connectivity index (χ2n) is 6.64. The van der Waals surface area contributed by atoms with Gasteiger partial charge >= 0.3 is 0 Å². The Morgan fingerprint density at radius 2 is 2.07 bits per heavy atom. The van der Waals surface area contributed by atoms with Gasteiger partial charge in [-0.15, -0.1) is 15.3 Å². The molecule has 0 fully saturated rings. The van der Waals surface area contributed by atoms with Crippen molar-refractivity contribution in [3.8, 4) is 17.0 Å². The largest absolute Gasteiger partial charge is 0.476 e. The zero-order valence-electron chi connectivity index (χ0n) is 16.2. The quantitative estimate of drug-likeness (QED) is 0.524. The molecule has 4 aromatic heterocycles. The van der Waals surface area contributed by atoms with E-state index in [-0.39, 0.29) is 0 Å². The van der Waals surface area contributed by atoms with Crippen LogP contribution in [0.3, 0.4) is 0 Å². The molecule has 0 aliphatic carbocycles. The van der Waals surface area contributed by atoms with Crippen LogP contribution in [0.25, 0.3) is 22.2 Å². The van der Waals surface area contributed by atoms with E-state index < -0.39 is 0 Å². The summed E-state index contributed by atoms with van der Waals surface area (Å²) in [6.45, 7) is 6.69. The summed E-state index contributed by atoms with van der Waals surface area (Å²) < 4.78 is 7.38. The van der Waals surface area contributed by atoms with Gasteiger partial charge in [-0.05, 0) is 25.1 Å². The molecule has 4 aromatic rings. The first kappa shape index (κ1) is 18.3. The lowest BCUT2D eigenvalue weighted by atomic mass is 10.1. The second-order valence-corrected chi connectivity index (χ2v) is 7.65. The standard InChI is InChI=1S/C19H21N7OS/c1-5-27-17-13(10-26(4)25-17)12-8-15-14(20-9-12)6-7-16(21-15)22-19-24-23-18(28-19)11(2)3/h6-11H,5H2,1-4H3,(H,21,22,24). The lowest BCUT2D eigenvalue weighted by molar-refractivity contribution is 0.324. The van der Waals surface area contributed by atoms with Gasteiger partial charge < -0.3 is 10.1 Å². The van der Waals surface area contributed by atoms with Crippen LogP contribution in [0, 0.1) is 0 Å². The molecule has 4 rings (SSSR count). The first-order valence-corrected chi connectivity index (χ1v) is 9.89. The maximum atomic E-state index is 5.64. The predicted octanol–water partition coefficient (Wildman–Crippen LogP) is 4.15. The predicted molar refractivity (Wildman–Crippen MR) is 110 cm³/mol. The highest BCUT2D eigenvalue weighted by atomic mass is 32.1. The molecule has 0 saturated carbocycles. The number of ether oxygens (including phenoxy) is 1. The molecule has 0 aliphatic rings. The van der Waals surface area contributed by atoms with E-state index in [4.69, 9.17) is 9.72 Å². The number of nitrogens with zero attached hydrogens (tertiary/aromatic N) is 6. The van der Waals surface area contributed by atoms with E-state index >= 15 is 0 Å². The summed E-state index contributed by atoms with van der Waals surface area (Å²) in [5.74, 6) is 1.65. The van der Waals surface area contributed by atoms with Crippen molar-refractivity contribution in [2.75, 3.05) is 11.9 Å². The molecule has 8 nitrogen and oxygen atoms in total. The highest BCUT2D eigenvalue weighted by molar-refractivity contribution is 7.15. The maximum Gasteiger partial charge on any atom is 0.240 e. The Kier molecular flexibility index (Phi) is 4.91. The van der Waals surface area contributed by atoms with Gasteiger partial charge in [0.05, 0.1) is 23.2 Å². The van der Waals surface area contributed by atoms with E-state index in [9.17, 15) is 0 Å². The second kappa shape index (κ2) is 7.51. The molecule has 9 heteroatoms. The zero-order valence-corrected chi connectivity index (χ0v) is 17.0. The van der Waals surface area contributed by atoms with Crippen molar-refractivity contribution in [1.82, 2.24) is 29.9 Å². The fraction of sp³-hybridized carbons (Fsp3) is 0.316. The number of aromatic nitrogens is 6. The topological polar surface area (TPSA) is 90.6 Å². The SMILES string of the molecule is CCOc1nn(C)cc1-c1cnc2ccc(Nc3nnc(C(C)C)s3)nc2c1. The van der Waals surface area contributed by atoms with E-state index in [1.165, 1.54) is 11.3 Å². The van der Waals surface area contributed by atoms with Crippen molar-refractivity contribution >= 4 is 33.3 Å². The van der Waals surface area contributed by atoms with Gasteiger partial charge in [0.1, 0.15) is 10.8 Å². The number of pyridine rings is 2. The molecule has 0 atom stereocenters. The smallest absolute Gasteiger partial charge is 0.240 e. The van der Waals surface area contributed by atoms with E-state index in [1.54, 1.807) is 4.68 Å². The zero-order chi connectivity index (χ0) is 19.7. The number of fused-ring (bicyclic) bond motifs is 1. The van der Waals surface area contributed by atoms with Crippen LogP contribution in [-0.4, -0.2) is 36.6 Å². The summed E-state index contributed by atoms with van der Waals surface area (Å²) in [5.41, 5.74) is 3.40. The Labute approximate surface area is 166 Å². The molecule has 0 unspecified atom stereocenters. The van der Waals surface area contributed by atoms with E-state index in [1.807, 2.05) is 44.6 Å². The summed E-state index contributed by atoms with van der Waals surface area (Å²) in [6, 6.07) is 5.82. The number of nitrogens with one attached hydrogen (secondary N) is 1. The Balaban J connectivity index is 1.67. The molecule has 0 aliphatic heterocycles. The van der Waals surface area contributed by atoms with Crippen molar-refractivity contribution < 1.29 is 4.74 Å². The molecule has 0 spiro atoms. The van der Waals surface area contributed by atoms with Crippen molar-refractivity contribution in [2.24, 2.45) is 7.05 Å². The number of anilines is 2. The van der Waals surface area contributed by atoms with E-state index in [2.05, 4.69) is 39.4 Å². The lowest BCUT2D eigenvalue weighted by Crippen LogP contribution is -1.96. The van der Waals surface area contributed by atoms with Crippen molar-refractivity contribution in [3.63, 3.8) is 0 Å². The van der Waals surface area contributed by atoms with Crippen molar-refractivity contribution in [2.45, 2.75) is 26.7 Å². The van der Waals surface area contributed by atoms with E-state index in [0.717, 1.165) is 32.3 Å². The highest BCUT2D eigenvalue weighted by Crippen LogP contribution is 2.30. The third kappa shape index (κ3) is 3.65. The molecule has 28 heavy (non-hydrogen) atoms. The Hall–Kier alpha value is -3.07. The molecule has 144 valence electrons. The minimum atomic E-state index is 0.350. The first-order valence-electron chi connectivity index (χ1n) is 9.07. The molecule has 0 bridgehead atoms. The summed E-state index contributed by atoms with van der Waals surface area (Å²) in [5, 5.41) is 17.7. The Morgan fingerprint density at radius 1 is 1.21 bits per heavy atom. The fourth-order valence-corrected chi connectivity index (χ4v) is 3.51. The van der Waals surface area contributed by atoms with Crippen LogP contribution in [0.5, 0.6) is 5.88 Å². The number of hydrogen-bond acceptors (Lipinski definition) is 8. The normalized spacial score (nSPS) is 11.3. The minimum Gasteiger partial charge on any atom is -0.476 e. The summed E-state index contributed by atoms with van der Waals surface area (Å²) in [4.78, 5) is 9.23. The van der Waals surface area contributed by atoms with Gasteiger partial charge in [0.2, 0.25) is 11.0 Å². The van der Waals surface area contributed by atoms with Crippen molar-refractivity contribution in [1.29, 1.82) is 0 Å². The summed E-state index contributed by atoms with van der Waals surface area (Å²) in [6.07, 6.45) is 3.74. The van der Waals surface area contributed by atoms with Crippen LogP contribution in [0.1, 0.15) is 31.7 Å². The Bertz CT molecular complexity index is 1120. The molecule has 1 N–H and O–H groups in total. The van der Waals surface area contributed by atoms with Crippen molar-refractivity contribution in [3.05, 3.63) is 35.6 Å². The average Bonchev–Trinajstić information content (AvgIpc) is 3.28. The monoisotopic (exact) mass is 395 g/mol. The minimum absolute atomic E-state index is 0.350. The van der Waals surface area contributed by atoms with Gasteiger partial charge in [-0.25, -0.2) is 4.98 Å². The van der Waals surface area contributed by atoms with Crippen LogP contribution in [-0.2, 0) is 7.05 Å². The van der Waals surface area contributed by atoms with Gasteiger partial charge in [0.25, 0.3) is 0 Å². The van der Waals surface area contributed by atoms with Crippen LogP contribution in [0.15, 0.2) is 30.6 Å². The Morgan fingerprint density at radius 3 is 2.82 bits per heavy atom.